The number of anilines is 1. The number of rotatable bonds is 3. The molecule has 1 aliphatic carbocycles. The van der Waals surface area contributed by atoms with Crippen molar-refractivity contribution in [3.05, 3.63) is 58.9 Å². The molecule has 1 aromatic heterocycles. The third kappa shape index (κ3) is 2.48. The van der Waals surface area contributed by atoms with Crippen molar-refractivity contribution in [1.29, 1.82) is 0 Å². The number of benzene rings is 1. The van der Waals surface area contributed by atoms with Gasteiger partial charge in [0, 0.05) is 48.7 Å². The zero-order chi connectivity index (χ0) is 17.8. The minimum atomic E-state index is 0.693. The highest BCUT2D eigenvalue weighted by Crippen LogP contribution is 2.54. The minimum absolute atomic E-state index is 0.693. The van der Waals surface area contributed by atoms with E-state index in [1.165, 1.54) is 36.2 Å². The van der Waals surface area contributed by atoms with E-state index < -0.39 is 0 Å². The lowest BCUT2D eigenvalue weighted by Gasteiger charge is -2.53. The number of hydrogen-bond acceptors (Lipinski definition) is 3. The molecule has 4 heterocycles. The minimum Gasteiger partial charge on any atom is -0.367 e. The predicted octanol–water partition coefficient (Wildman–Crippen LogP) is 3.94. The molecule has 1 saturated carbocycles. The number of pyridine rings is 1. The van der Waals surface area contributed by atoms with Crippen molar-refractivity contribution in [3.63, 3.8) is 0 Å². The summed E-state index contributed by atoms with van der Waals surface area (Å²) >= 11 is 0. The molecule has 136 valence electrons. The molecule has 4 atom stereocenters. The summed E-state index contributed by atoms with van der Waals surface area (Å²) in [4.78, 5) is 9.87. The molecule has 3 aliphatic heterocycles. The third-order valence-corrected chi connectivity index (χ3v) is 7.01. The van der Waals surface area contributed by atoms with E-state index in [2.05, 4.69) is 72.2 Å². The number of fused-ring (bicyclic) bond motifs is 3. The Kier molecular flexibility index (Phi) is 3.82. The van der Waals surface area contributed by atoms with Crippen LogP contribution in [0.2, 0.25) is 0 Å². The van der Waals surface area contributed by atoms with E-state index in [9.17, 15) is 0 Å². The van der Waals surface area contributed by atoms with Gasteiger partial charge in [-0.3, -0.25) is 4.98 Å². The Morgan fingerprint density at radius 1 is 1.12 bits per heavy atom. The summed E-state index contributed by atoms with van der Waals surface area (Å²) in [6.07, 6.45) is 5.90. The van der Waals surface area contributed by atoms with Gasteiger partial charge in [-0.1, -0.05) is 23.8 Å². The van der Waals surface area contributed by atoms with Gasteiger partial charge in [0.25, 0.3) is 0 Å². The zero-order valence-corrected chi connectivity index (χ0v) is 16.2. The standard InChI is InChI=1S/C23H29N3/c1-15-4-8-20-19(12-15)22-21-9-7-18(14-25(21)3)23(22)26(20)11-10-17-6-5-16(2)24-13-17/h4-6,8,12-13,18,21-23H,7,9-11,14H2,1-3H3/t18-,21-,22+,23-/m0/s1. The van der Waals surface area contributed by atoms with Crippen LogP contribution in [0.15, 0.2) is 36.5 Å². The molecule has 3 fully saturated rings. The molecule has 2 bridgehead atoms. The molecule has 3 nitrogen and oxygen atoms in total. The number of hydrogen-bond donors (Lipinski definition) is 0. The molecule has 2 saturated heterocycles. The maximum absolute atomic E-state index is 4.48. The average molecular weight is 348 g/mol. The lowest BCUT2D eigenvalue weighted by molar-refractivity contribution is 0.0371. The number of likely N-dealkylation sites (N-methyl/N-ethyl adjacent to an activating group) is 1. The van der Waals surface area contributed by atoms with Gasteiger partial charge in [-0.05, 0) is 69.3 Å². The topological polar surface area (TPSA) is 19.4 Å². The largest absolute Gasteiger partial charge is 0.367 e. The Morgan fingerprint density at radius 3 is 2.77 bits per heavy atom. The Labute approximate surface area is 157 Å². The van der Waals surface area contributed by atoms with Crippen LogP contribution in [0, 0.1) is 19.8 Å². The molecular formula is C23H29N3. The van der Waals surface area contributed by atoms with E-state index in [1.807, 2.05) is 0 Å². The maximum atomic E-state index is 4.48. The second kappa shape index (κ2) is 6.09. The Hall–Kier alpha value is -1.87. The fourth-order valence-electron chi connectivity index (χ4n) is 5.82. The second-order valence-electron chi connectivity index (χ2n) is 8.67. The van der Waals surface area contributed by atoms with Crippen molar-refractivity contribution < 1.29 is 0 Å². The molecule has 4 aliphatic rings. The van der Waals surface area contributed by atoms with E-state index >= 15 is 0 Å². The Morgan fingerprint density at radius 2 is 2.00 bits per heavy atom. The molecule has 2 aromatic rings. The number of aryl methyl sites for hydroxylation is 2. The molecule has 0 spiro atoms. The lowest BCUT2D eigenvalue weighted by atomic mass is 9.68. The molecule has 0 unspecified atom stereocenters. The van der Waals surface area contributed by atoms with Crippen LogP contribution in [0.1, 0.15) is 41.1 Å². The molecule has 1 aromatic carbocycles. The molecule has 6 rings (SSSR count). The van der Waals surface area contributed by atoms with Gasteiger partial charge in [0.05, 0.1) is 0 Å². The molecule has 0 N–H and O–H groups in total. The monoisotopic (exact) mass is 347 g/mol. The van der Waals surface area contributed by atoms with Gasteiger partial charge in [-0.15, -0.1) is 0 Å². The Bertz CT molecular complexity index is 813. The first-order valence-corrected chi connectivity index (χ1v) is 10.1. The summed E-state index contributed by atoms with van der Waals surface area (Å²) in [5.41, 5.74) is 6.96. The van der Waals surface area contributed by atoms with Gasteiger partial charge < -0.3 is 9.80 Å². The van der Waals surface area contributed by atoms with E-state index in [1.54, 1.807) is 5.56 Å². The van der Waals surface area contributed by atoms with Crippen molar-refractivity contribution in [2.75, 3.05) is 25.0 Å². The summed E-state index contributed by atoms with van der Waals surface area (Å²) in [7, 11) is 2.34. The van der Waals surface area contributed by atoms with Crippen molar-refractivity contribution in [1.82, 2.24) is 9.88 Å². The van der Waals surface area contributed by atoms with Crippen molar-refractivity contribution >= 4 is 5.69 Å². The van der Waals surface area contributed by atoms with Gasteiger partial charge in [-0.2, -0.15) is 0 Å². The Balaban J connectivity index is 1.48. The van der Waals surface area contributed by atoms with Gasteiger partial charge in [0.1, 0.15) is 0 Å². The fourth-order valence-corrected chi connectivity index (χ4v) is 5.82. The van der Waals surface area contributed by atoms with E-state index in [0.29, 0.717) is 12.0 Å². The summed E-state index contributed by atoms with van der Waals surface area (Å²) in [5.74, 6) is 1.50. The summed E-state index contributed by atoms with van der Waals surface area (Å²) in [5, 5.41) is 0. The number of piperidine rings is 2. The first-order valence-electron chi connectivity index (χ1n) is 10.1. The first-order chi connectivity index (χ1) is 12.6. The fraction of sp³-hybridized carbons (Fsp3) is 0.522. The molecule has 26 heavy (non-hydrogen) atoms. The van der Waals surface area contributed by atoms with Crippen molar-refractivity contribution in [2.45, 2.75) is 51.1 Å². The van der Waals surface area contributed by atoms with Crippen LogP contribution < -0.4 is 4.90 Å². The van der Waals surface area contributed by atoms with Crippen LogP contribution in [-0.2, 0) is 6.42 Å². The summed E-state index contributed by atoms with van der Waals surface area (Å²) < 4.78 is 0. The normalized spacial score (nSPS) is 29.7. The van der Waals surface area contributed by atoms with E-state index in [4.69, 9.17) is 0 Å². The van der Waals surface area contributed by atoms with E-state index in [0.717, 1.165) is 30.6 Å². The number of aromatic nitrogens is 1. The van der Waals surface area contributed by atoms with Crippen LogP contribution in [0.4, 0.5) is 5.69 Å². The molecule has 3 heteroatoms. The van der Waals surface area contributed by atoms with Gasteiger partial charge in [0.2, 0.25) is 0 Å². The molecule has 0 radical (unpaired) electrons. The van der Waals surface area contributed by atoms with Gasteiger partial charge in [-0.25, -0.2) is 0 Å². The maximum Gasteiger partial charge on any atom is 0.0414 e. The highest BCUT2D eigenvalue weighted by molar-refractivity contribution is 5.64. The third-order valence-electron chi connectivity index (χ3n) is 7.01. The van der Waals surface area contributed by atoms with Crippen molar-refractivity contribution in [3.8, 4) is 0 Å². The van der Waals surface area contributed by atoms with Gasteiger partial charge >= 0.3 is 0 Å². The summed E-state index contributed by atoms with van der Waals surface area (Å²) in [6, 6.07) is 12.9. The quantitative estimate of drug-likeness (QED) is 0.838. The van der Waals surface area contributed by atoms with Crippen LogP contribution >= 0.6 is 0 Å². The van der Waals surface area contributed by atoms with Crippen molar-refractivity contribution in [2.24, 2.45) is 5.92 Å². The zero-order valence-electron chi connectivity index (χ0n) is 16.2. The smallest absolute Gasteiger partial charge is 0.0414 e. The van der Waals surface area contributed by atoms with Gasteiger partial charge in [0.15, 0.2) is 0 Å². The average Bonchev–Trinajstić information content (AvgIpc) is 2.97. The van der Waals surface area contributed by atoms with Crippen LogP contribution in [0.5, 0.6) is 0 Å². The second-order valence-corrected chi connectivity index (χ2v) is 8.67. The lowest BCUT2D eigenvalue weighted by Crippen LogP contribution is -2.60. The van der Waals surface area contributed by atoms with Crippen LogP contribution in [0.25, 0.3) is 0 Å². The molecular weight excluding hydrogens is 318 g/mol. The SMILES string of the molecule is Cc1ccc2c(c1)[C@H]1[C@H]([C@H]3CC[C@@H]1N(C)C3)N2CCc1ccc(C)nc1. The van der Waals surface area contributed by atoms with Crippen LogP contribution in [-0.4, -0.2) is 42.1 Å². The highest BCUT2D eigenvalue weighted by Gasteiger charge is 2.53. The predicted molar refractivity (Wildman–Crippen MR) is 107 cm³/mol. The first kappa shape index (κ1) is 16.3. The number of nitrogens with zero attached hydrogens (tertiary/aromatic N) is 3. The highest BCUT2D eigenvalue weighted by atomic mass is 15.3. The van der Waals surface area contributed by atoms with Crippen LogP contribution in [0.3, 0.4) is 0 Å². The summed E-state index contributed by atoms with van der Waals surface area (Å²) in [6.45, 7) is 6.67. The van der Waals surface area contributed by atoms with E-state index in [-0.39, 0.29) is 0 Å². The molecule has 0 amide bonds.